The monoisotopic (exact) mass is 151 g/mol. The molecule has 2 nitrogen and oxygen atoms in total. The minimum absolute atomic E-state index is 0.750. The molecule has 0 atom stereocenters. The fraction of sp³-hybridized carbons (Fsp3) is 0.556. The molecule has 0 amide bonds. The molecule has 60 valence electrons. The van der Waals surface area contributed by atoms with Gasteiger partial charge in [-0.1, -0.05) is 6.42 Å². The van der Waals surface area contributed by atoms with Gasteiger partial charge in [0.2, 0.25) is 0 Å². The van der Waals surface area contributed by atoms with Crippen molar-refractivity contribution < 1.29 is 4.42 Å². The van der Waals surface area contributed by atoms with Crippen molar-refractivity contribution in [1.82, 2.24) is 5.32 Å². The van der Waals surface area contributed by atoms with Crippen molar-refractivity contribution >= 4 is 0 Å². The Kier molecular flexibility index (Phi) is 1.95. The van der Waals surface area contributed by atoms with Gasteiger partial charge >= 0.3 is 0 Å². The fourth-order valence-electron chi connectivity index (χ4n) is 1.27. The second-order valence-electron chi connectivity index (χ2n) is 3.09. The van der Waals surface area contributed by atoms with Gasteiger partial charge in [0.15, 0.2) is 0 Å². The Hall–Kier alpha value is -0.760. The van der Waals surface area contributed by atoms with Crippen LogP contribution in [-0.2, 0) is 6.54 Å². The summed E-state index contributed by atoms with van der Waals surface area (Å²) in [5.41, 5.74) is 0. The van der Waals surface area contributed by atoms with E-state index < -0.39 is 0 Å². The number of nitrogens with one attached hydrogen (secondary N) is 1. The van der Waals surface area contributed by atoms with E-state index in [2.05, 4.69) is 5.32 Å². The Labute approximate surface area is 66.6 Å². The number of rotatable bonds is 3. The van der Waals surface area contributed by atoms with E-state index in [0.717, 1.165) is 18.3 Å². The van der Waals surface area contributed by atoms with Gasteiger partial charge in [-0.15, -0.1) is 0 Å². The molecule has 1 aromatic rings. The molecule has 1 aliphatic carbocycles. The smallest absolute Gasteiger partial charge is 0.117 e. The van der Waals surface area contributed by atoms with Crippen molar-refractivity contribution in [1.29, 1.82) is 0 Å². The first kappa shape index (κ1) is 6.92. The van der Waals surface area contributed by atoms with Gasteiger partial charge in [-0.3, -0.25) is 0 Å². The molecule has 1 aliphatic rings. The first-order valence-corrected chi connectivity index (χ1v) is 4.21. The number of hydrogen-bond acceptors (Lipinski definition) is 2. The van der Waals surface area contributed by atoms with Crippen LogP contribution in [-0.4, -0.2) is 6.04 Å². The largest absolute Gasteiger partial charge is 0.468 e. The molecule has 11 heavy (non-hydrogen) atoms. The maximum absolute atomic E-state index is 5.19. The van der Waals surface area contributed by atoms with Gasteiger partial charge in [-0.25, -0.2) is 0 Å². The summed E-state index contributed by atoms with van der Waals surface area (Å²) in [6.07, 6.45) is 5.77. The molecule has 1 N–H and O–H groups in total. The highest BCUT2D eigenvalue weighted by atomic mass is 16.3. The maximum atomic E-state index is 5.19. The lowest BCUT2D eigenvalue weighted by molar-refractivity contribution is 0.325. The van der Waals surface area contributed by atoms with Gasteiger partial charge in [-0.2, -0.15) is 0 Å². The van der Waals surface area contributed by atoms with E-state index >= 15 is 0 Å². The van der Waals surface area contributed by atoms with Crippen LogP contribution < -0.4 is 5.32 Å². The second kappa shape index (κ2) is 3.09. The fourth-order valence-corrected chi connectivity index (χ4v) is 1.27. The van der Waals surface area contributed by atoms with Crippen LogP contribution in [0.2, 0.25) is 0 Å². The lowest BCUT2D eigenvalue weighted by Gasteiger charge is -2.25. The van der Waals surface area contributed by atoms with Crippen LogP contribution >= 0.6 is 0 Å². The SMILES string of the molecule is c1coc(CNC2CCC2)c1. The molecule has 0 spiro atoms. The van der Waals surface area contributed by atoms with Gasteiger partial charge in [0.25, 0.3) is 0 Å². The summed E-state index contributed by atoms with van der Waals surface area (Å²) < 4.78 is 5.19. The van der Waals surface area contributed by atoms with Crippen LogP contribution in [0.1, 0.15) is 25.0 Å². The third-order valence-electron chi connectivity index (χ3n) is 2.25. The predicted octanol–water partition coefficient (Wildman–Crippen LogP) is 1.92. The van der Waals surface area contributed by atoms with Crippen LogP contribution in [0.5, 0.6) is 0 Å². The zero-order valence-corrected chi connectivity index (χ0v) is 6.55. The first-order valence-electron chi connectivity index (χ1n) is 4.21. The van der Waals surface area contributed by atoms with Crippen LogP contribution in [0.25, 0.3) is 0 Å². The summed E-state index contributed by atoms with van der Waals surface area (Å²) in [5, 5.41) is 3.43. The molecule has 0 radical (unpaired) electrons. The molecule has 1 heterocycles. The Balaban J connectivity index is 1.74. The quantitative estimate of drug-likeness (QED) is 0.714. The van der Waals surface area contributed by atoms with Crippen LogP contribution in [0.15, 0.2) is 22.8 Å². The average molecular weight is 151 g/mol. The van der Waals surface area contributed by atoms with Gasteiger partial charge in [0.1, 0.15) is 5.76 Å². The van der Waals surface area contributed by atoms with E-state index in [-0.39, 0.29) is 0 Å². The maximum Gasteiger partial charge on any atom is 0.117 e. The van der Waals surface area contributed by atoms with Crippen LogP contribution in [0.3, 0.4) is 0 Å². The zero-order valence-electron chi connectivity index (χ0n) is 6.55. The van der Waals surface area contributed by atoms with Gasteiger partial charge < -0.3 is 9.73 Å². The molecule has 1 fully saturated rings. The number of furan rings is 1. The highest BCUT2D eigenvalue weighted by Crippen LogP contribution is 2.18. The predicted molar refractivity (Wildman–Crippen MR) is 43.2 cm³/mol. The average Bonchev–Trinajstić information content (AvgIpc) is 2.36. The molecule has 1 aromatic heterocycles. The third-order valence-corrected chi connectivity index (χ3v) is 2.25. The van der Waals surface area contributed by atoms with E-state index in [4.69, 9.17) is 4.42 Å². The van der Waals surface area contributed by atoms with E-state index in [1.165, 1.54) is 19.3 Å². The second-order valence-corrected chi connectivity index (χ2v) is 3.09. The molecule has 1 saturated carbocycles. The summed E-state index contributed by atoms with van der Waals surface area (Å²) in [7, 11) is 0. The molecule has 0 aromatic carbocycles. The molecule has 0 bridgehead atoms. The Bertz CT molecular complexity index is 201. The lowest BCUT2D eigenvalue weighted by atomic mass is 9.93. The van der Waals surface area contributed by atoms with E-state index in [9.17, 15) is 0 Å². The Morgan fingerprint density at radius 1 is 1.55 bits per heavy atom. The normalized spacial score (nSPS) is 18.2. The third kappa shape index (κ3) is 1.63. The van der Waals surface area contributed by atoms with Gasteiger partial charge in [-0.05, 0) is 25.0 Å². The van der Waals surface area contributed by atoms with Crippen molar-refractivity contribution in [3.63, 3.8) is 0 Å². The standard InChI is InChI=1S/C9H13NO/c1-3-8(4-1)10-7-9-5-2-6-11-9/h2,5-6,8,10H,1,3-4,7H2. The molecular weight excluding hydrogens is 138 g/mol. The van der Waals surface area contributed by atoms with Crippen LogP contribution in [0, 0.1) is 0 Å². The van der Waals surface area contributed by atoms with Crippen molar-refractivity contribution in [2.24, 2.45) is 0 Å². The summed E-state index contributed by atoms with van der Waals surface area (Å²) in [6.45, 7) is 0.887. The topological polar surface area (TPSA) is 25.2 Å². The summed E-state index contributed by atoms with van der Waals surface area (Å²) >= 11 is 0. The van der Waals surface area contributed by atoms with Crippen molar-refractivity contribution in [3.05, 3.63) is 24.2 Å². The summed E-state index contributed by atoms with van der Waals surface area (Å²) in [4.78, 5) is 0. The molecular formula is C9H13NO. The highest BCUT2D eigenvalue weighted by Gasteiger charge is 2.16. The Morgan fingerprint density at radius 3 is 3.00 bits per heavy atom. The number of hydrogen-bond donors (Lipinski definition) is 1. The van der Waals surface area contributed by atoms with Crippen LogP contribution in [0.4, 0.5) is 0 Å². The van der Waals surface area contributed by atoms with Gasteiger partial charge in [0.05, 0.1) is 12.8 Å². The zero-order chi connectivity index (χ0) is 7.52. The first-order chi connectivity index (χ1) is 5.45. The summed E-state index contributed by atoms with van der Waals surface area (Å²) in [5.74, 6) is 1.04. The highest BCUT2D eigenvalue weighted by molar-refractivity contribution is 4.98. The molecule has 2 heteroatoms. The molecule has 2 rings (SSSR count). The lowest BCUT2D eigenvalue weighted by Crippen LogP contribution is -2.34. The minimum atomic E-state index is 0.750. The molecule has 0 aliphatic heterocycles. The van der Waals surface area contributed by atoms with Crippen molar-refractivity contribution in [2.75, 3.05) is 0 Å². The van der Waals surface area contributed by atoms with Gasteiger partial charge in [0, 0.05) is 6.04 Å². The molecule has 0 saturated heterocycles. The molecule has 0 unspecified atom stereocenters. The Morgan fingerprint density at radius 2 is 2.45 bits per heavy atom. The van der Waals surface area contributed by atoms with Crippen molar-refractivity contribution in [2.45, 2.75) is 31.8 Å². The van der Waals surface area contributed by atoms with E-state index in [1.807, 2.05) is 12.1 Å². The van der Waals surface area contributed by atoms with E-state index in [0.29, 0.717) is 0 Å². The summed E-state index contributed by atoms with van der Waals surface area (Å²) in [6, 6.07) is 4.68. The minimum Gasteiger partial charge on any atom is -0.468 e. The van der Waals surface area contributed by atoms with E-state index in [1.54, 1.807) is 6.26 Å². The van der Waals surface area contributed by atoms with Crippen molar-refractivity contribution in [3.8, 4) is 0 Å².